The van der Waals surface area contributed by atoms with Crippen molar-refractivity contribution in [2.45, 2.75) is 53.4 Å². The number of carbonyl (C=O) groups excluding carboxylic acids is 2. The molecule has 1 aromatic carbocycles. The number of fused-ring (bicyclic) bond motifs is 2. The highest BCUT2D eigenvalue weighted by atomic mass is 16.2. The number of hydrogen-bond acceptors (Lipinski definition) is 3. The maximum absolute atomic E-state index is 12.2. The number of benzene rings is 1. The van der Waals surface area contributed by atoms with E-state index < -0.39 is 0 Å². The third kappa shape index (κ3) is 3.20. The van der Waals surface area contributed by atoms with E-state index in [0.717, 1.165) is 29.8 Å². The SMILES string of the molecule is CC(=O)Nc1ccc(CC(=O)N/N=C2/C[C@H]3CC[C@@]2(C)C3(C)C)cc1. The molecule has 134 valence electrons. The maximum atomic E-state index is 12.2. The molecule has 0 spiro atoms. The van der Waals surface area contributed by atoms with Gasteiger partial charge in [-0.1, -0.05) is 32.9 Å². The van der Waals surface area contributed by atoms with Crippen molar-refractivity contribution in [2.24, 2.45) is 21.8 Å². The first-order valence-electron chi connectivity index (χ1n) is 8.95. The molecule has 5 nitrogen and oxygen atoms in total. The van der Waals surface area contributed by atoms with Crippen LogP contribution in [-0.4, -0.2) is 17.5 Å². The number of nitrogens with one attached hydrogen (secondary N) is 2. The van der Waals surface area contributed by atoms with Gasteiger partial charge in [0, 0.05) is 23.7 Å². The van der Waals surface area contributed by atoms with Crippen LogP contribution in [0.3, 0.4) is 0 Å². The molecule has 1 aromatic rings. The third-order valence-corrected chi connectivity index (χ3v) is 6.47. The van der Waals surface area contributed by atoms with E-state index in [9.17, 15) is 9.59 Å². The second kappa shape index (κ2) is 6.28. The monoisotopic (exact) mass is 341 g/mol. The van der Waals surface area contributed by atoms with E-state index in [1.54, 1.807) is 12.1 Å². The van der Waals surface area contributed by atoms with E-state index in [-0.39, 0.29) is 29.1 Å². The highest BCUT2D eigenvalue weighted by Crippen LogP contribution is 2.63. The average Bonchev–Trinajstić information content (AvgIpc) is 2.87. The van der Waals surface area contributed by atoms with E-state index in [1.807, 2.05) is 12.1 Å². The highest BCUT2D eigenvalue weighted by molar-refractivity contribution is 5.95. The number of hydrogen-bond donors (Lipinski definition) is 2. The number of hydrazone groups is 1. The average molecular weight is 341 g/mol. The van der Waals surface area contributed by atoms with Crippen molar-refractivity contribution < 1.29 is 9.59 Å². The molecule has 25 heavy (non-hydrogen) atoms. The van der Waals surface area contributed by atoms with Crippen LogP contribution >= 0.6 is 0 Å². The molecular formula is C20H27N3O2. The van der Waals surface area contributed by atoms with Gasteiger partial charge in [-0.15, -0.1) is 0 Å². The van der Waals surface area contributed by atoms with Crippen molar-refractivity contribution in [2.75, 3.05) is 5.32 Å². The number of rotatable bonds is 4. The Balaban J connectivity index is 1.59. The first-order valence-corrected chi connectivity index (χ1v) is 8.95. The van der Waals surface area contributed by atoms with Crippen molar-refractivity contribution in [1.82, 2.24) is 5.43 Å². The van der Waals surface area contributed by atoms with E-state index >= 15 is 0 Å². The molecule has 0 unspecified atom stereocenters. The highest BCUT2D eigenvalue weighted by Gasteiger charge is 2.59. The summed E-state index contributed by atoms with van der Waals surface area (Å²) < 4.78 is 0. The third-order valence-electron chi connectivity index (χ3n) is 6.47. The van der Waals surface area contributed by atoms with Crippen molar-refractivity contribution in [3.63, 3.8) is 0 Å². The Morgan fingerprint density at radius 1 is 1.20 bits per heavy atom. The van der Waals surface area contributed by atoms with Gasteiger partial charge in [-0.2, -0.15) is 5.10 Å². The minimum atomic E-state index is -0.108. The van der Waals surface area contributed by atoms with Crippen LogP contribution in [-0.2, 0) is 16.0 Å². The van der Waals surface area contributed by atoms with Gasteiger partial charge in [-0.05, 0) is 48.3 Å². The molecule has 2 N–H and O–H groups in total. The molecule has 2 aliphatic carbocycles. The zero-order valence-corrected chi connectivity index (χ0v) is 15.5. The minimum Gasteiger partial charge on any atom is -0.326 e. The first-order chi connectivity index (χ1) is 11.7. The van der Waals surface area contributed by atoms with Crippen LogP contribution < -0.4 is 10.7 Å². The molecule has 2 fully saturated rings. The predicted octanol–water partition coefficient (Wildman–Crippen LogP) is 3.51. The summed E-state index contributed by atoms with van der Waals surface area (Å²) in [5.74, 6) is 0.460. The maximum Gasteiger partial charge on any atom is 0.244 e. The van der Waals surface area contributed by atoms with Gasteiger partial charge < -0.3 is 5.32 Å². The fourth-order valence-corrected chi connectivity index (χ4v) is 4.36. The summed E-state index contributed by atoms with van der Waals surface area (Å²) in [5, 5.41) is 7.20. The largest absolute Gasteiger partial charge is 0.326 e. The van der Waals surface area contributed by atoms with Gasteiger partial charge in [0.25, 0.3) is 0 Å². The van der Waals surface area contributed by atoms with Crippen LogP contribution in [0, 0.1) is 16.7 Å². The lowest BCUT2D eigenvalue weighted by Gasteiger charge is -2.34. The topological polar surface area (TPSA) is 70.6 Å². The standard InChI is InChI=1S/C20H27N3O2/c1-13(24)21-16-7-5-14(6-8-16)11-18(25)23-22-17-12-15-9-10-20(17,4)19(15,2)3/h5-8,15H,9-12H2,1-4H3,(H,21,24)(H,23,25)/b22-17-/t15-,20-/m1/s1. The lowest BCUT2D eigenvalue weighted by atomic mass is 9.70. The number of anilines is 1. The van der Waals surface area contributed by atoms with Crippen molar-refractivity contribution >= 4 is 23.2 Å². The summed E-state index contributed by atoms with van der Waals surface area (Å²) in [6.07, 6.45) is 3.69. The number of carbonyl (C=O) groups is 2. The molecule has 0 saturated heterocycles. The molecule has 2 bridgehead atoms. The Kier molecular flexibility index (Phi) is 4.43. The summed E-state index contributed by atoms with van der Waals surface area (Å²) in [7, 11) is 0. The van der Waals surface area contributed by atoms with Gasteiger partial charge in [0.05, 0.1) is 6.42 Å². The molecule has 5 heteroatoms. The predicted molar refractivity (Wildman–Crippen MR) is 99.3 cm³/mol. The van der Waals surface area contributed by atoms with Gasteiger partial charge in [-0.3, -0.25) is 9.59 Å². The van der Waals surface area contributed by atoms with Crippen LogP contribution in [0.1, 0.15) is 52.5 Å². The molecule has 0 heterocycles. The fraction of sp³-hybridized carbons (Fsp3) is 0.550. The quantitative estimate of drug-likeness (QED) is 0.823. The van der Waals surface area contributed by atoms with Crippen molar-refractivity contribution in [1.29, 1.82) is 0 Å². The van der Waals surface area contributed by atoms with Gasteiger partial charge in [0.2, 0.25) is 11.8 Å². The summed E-state index contributed by atoms with van der Waals surface area (Å²) in [6.45, 7) is 8.40. The van der Waals surface area contributed by atoms with Gasteiger partial charge in [0.15, 0.2) is 0 Å². The Labute approximate surface area is 149 Å². The van der Waals surface area contributed by atoms with Crippen LogP contribution in [0.4, 0.5) is 5.69 Å². The molecule has 2 aliphatic rings. The van der Waals surface area contributed by atoms with Crippen molar-refractivity contribution in [3.05, 3.63) is 29.8 Å². The van der Waals surface area contributed by atoms with Crippen LogP contribution in [0.25, 0.3) is 0 Å². The lowest BCUT2D eigenvalue weighted by Crippen LogP contribution is -2.34. The molecule has 2 saturated carbocycles. The van der Waals surface area contributed by atoms with E-state index in [2.05, 4.69) is 36.6 Å². The Hall–Kier alpha value is -2.17. The minimum absolute atomic E-state index is 0.102. The van der Waals surface area contributed by atoms with E-state index in [4.69, 9.17) is 0 Å². The molecule has 0 radical (unpaired) electrons. The molecule has 0 aliphatic heterocycles. The van der Waals surface area contributed by atoms with Gasteiger partial charge in [0.1, 0.15) is 0 Å². The summed E-state index contributed by atoms with van der Waals surface area (Å²) >= 11 is 0. The van der Waals surface area contributed by atoms with Crippen molar-refractivity contribution in [3.8, 4) is 0 Å². The van der Waals surface area contributed by atoms with E-state index in [0.29, 0.717) is 5.92 Å². The molecular weight excluding hydrogens is 314 g/mol. The molecule has 3 rings (SSSR count). The van der Waals surface area contributed by atoms with Crippen LogP contribution in [0.2, 0.25) is 0 Å². The smallest absolute Gasteiger partial charge is 0.244 e. The van der Waals surface area contributed by atoms with Crippen LogP contribution in [0.5, 0.6) is 0 Å². The fourth-order valence-electron chi connectivity index (χ4n) is 4.36. The second-order valence-corrected chi connectivity index (χ2v) is 8.14. The van der Waals surface area contributed by atoms with Gasteiger partial charge >= 0.3 is 0 Å². The summed E-state index contributed by atoms with van der Waals surface area (Å²) in [4.78, 5) is 23.2. The molecule has 2 amide bonds. The Morgan fingerprint density at radius 2 is 1.88 bits per heavy atom. The normalized spacial score (nSPS) is 28.2. The molecule has 2 atom stereocenters. The zero-order valence-electron chi connectivity index (χ0n) is 15.5. The Bertz CT molecular complexity index is 721. The van der Waals surface area contributed by atoms with E-state index in [1.165, 1.54) is 13.3 Å². The number of amides is 2. The number of nitrogens with zero attached hydrogens (tertiary/aromatic N) is 1. The molecule has 0 aromatic heterocycles. The summed E-state index contributed by atoms with van der Waals surface area (Å²) in [5.41, 5.74) is 5.88. The second-order valence-electron chi connectivity index (χ2n) is 8.14. The Morgan fingerprint density at radius 3 is 2.40 bits per heavy atom. The van der Waals surface area contributed by atoms with Gasteiger partial charge in [-0.25, -0.2) is 5.43 Å². The van der Waals surface area contributed by atoms with Crippen LogP contribution in [0.15, 0.2) is 29.4 Å². The first kappa shape index (κ1) is 17.6. The summed E-state index contributed by atoms with van der Waals surface area (Å²) in [6, 6.07) is 7.30. The zero-order chi connectivity index (χ0) is 18.2. The lowest BCUT2D eigenvalue weighted by molar-refractivity contribution is -0.120.